The van der Waals surface area contributed by atoms with Crippen molar-refractivity contribution in [2.75, 3.05) is 19.7 Å². The number of carbonyl (C=O) groups is 1. The number of aliphatic hydroxyl groups is 1. The summed E-state index contributed by atoms with van der Waals surface area (Å²) in [6.45, 7) is 5.86. The third kappa shape index (κ3) is 4.47. The van der Waals surface area contributed by atoms with E-state index >= 15 is 0 Å². The van der Waals surface area contributed by atoms with Crippen LogP contribution in [-0.4, -0.2) is 41.8 Å². The van der Waals surface area contributed by atoms with Crippen LogP contribution in [0.3, 0.4) is 0 Å². The molecule has 0 spiro atoms. The fourth-order valence-corrected chi connectivity index (χ4v) is 3.15. The first-order chi connectivity index (χ1) is 10.6. The van der Waals surface area contributed by atoms with Gasteiger partial charge < -0.3 is 15.3 Å². The first kappa shape index (κ1) is 16.8. The highest BCUT2D eigenvalue weighted by Gasteiger charge is 2.27. The first-order valence-corrected chi connectivity index (χ1v) is 8.32. The second-order valence-corrected chi connectivity index (χ2v) is 6.49. The van der Waals surface area contributed by atoms with Crippen LogP contribution in [0.2, 0.25) is 0 Å². The van der Waals surface area contributed by atoms with Crippen molar-refractivity contribution < 1.29 is 9.90 Å². The van der Waals surface area contributed by atoms with Crippen LogP contribution in [-0.2, 0) is 0 Å². The number of benzene rings is 1. The molecule has 0 aromatic heterocycles. The lowest BCUT2D eigenvalue weighted by molar-refractivity contribution is 0.136. The smallest absolute Gasteiger partial charge is 0.317 e. The van der Waals surface area contributed by atoms with E-state index in [1.165, 1.54) is 6.42 Å². The average molecular weight is 304 g/mol. The third-order valence-electron chi connectivity index (χ3n) is 4.63. The van der Waals surface area contributed by atoms with Gasteiger partial charge in [-0.2, -0.15) is 0 Å². The van der Waals surface area contributed by atoms with E-state index in [9.17, 15) is 9.90 Å². The Morgan fingerprint density at radius 1 is 1.32 bits per heavy atom. The number of nitrogens with zero attached hydrogens (tertiary/aromatic N) is 1. The van der Waals surface area contributed by atoms with Gasteiger partial charge in [0.1, 0.15) is 0 Å². The van der Waals surface area contributed by atoms with Crippen molar-refractivity contribution in [1.82, 2.24) is 10.2 Å². The van der Waals surface area contributed by atoms with Crippen LogP contribution >= 0.6 is 0 Å². The van der Waals surface area contributed by atoms with E-state index < -0.39 is 0 Å². The van der Waals surface area contributed by atoms with E-state index in [2.05, 4.69) is 31.3 Å². The van der Waals surface area contributed by atoms with Crippen molar-refractivity contribution >= 4 is 6.03 Å². The maximum atomic E-state index is 12.4. The zero-order valence-electron chi connectivity index (χ0n) is 13.7. The molecule has 122 valence electrons. The van der Waals surface area contributed by atoms with Crippen LogP contribution < -0.4 is 5.32 Å². The second-order valence-electron chi connectivity index (χ2n) is 6.49. The number of likely N-dealkylation sites (tertiary alicyclic amines) is 1. The monoisotopic (exact) mass is 304 g/mol. The van der Waals surface area contributed by atoms with Crippen molar-refractivity contribution in [3.05, 3.63) is 35.9 Å². The lowest BCUT2D eigenvalue weighted by Gasteiger charge is -2.37. The predicted molar refractivity (Wildman–Crippen MR) is 88.9 cm³/mol. The van der Waals surface area contributed by atoms with Crippen molar-refractivity contribution in [3.63, 3.8) is 0 Å². The quantitative estimate of drug-likeness (QED) is 0.878. The van der Waals surface area contributed by atoms with E-state index in [-0.39, 0.29) is 18.6 Å². The lowest BCUT2D eigenvalue weighted by atomic mass is 9.95. The standard InChI is InChI=1S/C18H28N2O2/c1-14-8-9-15(2)20(13-14)18(22)19-12-17(10-11-21)16-6-4-3-5-7-16/h3-7,14-15,17,21H,8-13H2,1-2H3,(H,19,22). The summed E-state index contributed by atoms with van der Waals surface area (Å²) in [7, 11) is 0. The molecular formula is C18H28N2O2. The van der Waals surface area contributed by atoms with Gasteiger partial charge in [0.2, 0.25) is 0 Å². The van der Waals surface area contributed by atoms with Gasteiger partial charge in [-0.05, 0) is 37.7 Å². The van der Waals surface area contributed by atoms with Gasteiger partial charge in [-0.3, -0.25) is 0 Å². The average Bonchev–Trinajstić information content (AvgIpc) is 2.54. The predicted octanol–water partition coefficient (Wildman–Crippen LogP) is 2.98. The summed E-state index contributed by atoms with van der Waals surface area (Å²) in [5, 5.41) is 12.3. The summed E-state index contributed by atoms with van der Waals surface area (Å²) < 4.78 is 0. The molecule has 3 unspecified atom stereocenters. The number of carbonyl (C=O) groups excluding carboxylic acids is 1. The number of urea groups is 1. The Morgan fingerprint density at radius 3 is 2.73 bits per heavy atom. The van der Waals surface area contributed by atoms with Gasteiger partial charge >= 0.3 is 6.03 Å². The molecule has 1 aliphatic rings. The molecule has 1 aromatic carbocycles. The molecule has 0 radical (unpaired) electrons. The van der Waals surface area contributed by atoms with Crippen LogP contribution in [0, 0.1) is 5.92 Å². The highest BCUT2D eigenvalue weighted by atomic mass is 16.3. The summed E-state index contributed by atoms with van der Waals surface area (Å²) in [6, 6.07) is 10.4. The number of rotatable bonds is 5. The Morgan fingerprint density at radius 2 is 2.05 bits per heavy atom. The first-order valence-electron chi connectivity index (χ1n) is 8.32. The largest absolute Gasteiger partial charge is 0.396 e. The zero-order valence-corrected chi connectivity index (χ0v) is 13.7. The molecule has 4 heteroatoms. The molecule has 0 aliphatic carbocycles. The van der Waals surface area contributed by atoms with E-state index in [0.717, 1.165) is 18.5 Å². The molecule has 1 aliphatic heterocycles. The SMILES string of the molecule is CC1CCC(C)N(C(=O)NCC(CCO)c2ccccc2)C1. The van der Waals surface area contributed by atoms with Crippen LogP contribution in [0.5, 0.6) is 0 Å². The van der Waals surface area contributed by atoms with E-state index in [4.69, 9.17) is 0 Å². The molecule has 1 aromatic rings. The molecule has 4 nitrogen and oxygen atoms in total. The molecule has 22 heavy (non-hydrogen) atoms. The highest BCUT2D eigenvalue weighted by Crippen LogP contribution is 2.22. The van der Waals surface area contributed by atoms with Crippen LogP contribution in [0.4, 0.5) is 4.79 Å². The molecule has 1 saturated heterocycles. The van der Waals surface area contributed by atoms with Crippen LogP contribution in [0.25, 0.3) is 0 Å². The van der Waals surface area contributed by atoms with Gasteiger partial charge in [0.05, 0.1) is 0 Å². The molecule has 0 bridgehead atoms. The highest BCUT2D eigenvalue weighted by molar-refractivity contribution is 5.74. The van der Waals surface area contributed by atoms with Gasteiger partial charge in [-0.1, -0.05) is 37.3 Å². The molecule has 1 heterocycles. The zero-order chi connectivity index (χ0) is 15.9. The van der Waals surface area contributed by atoms with Crippen molar-refractivity contribution in [3.8, 4) is 0 Å². The minimum absolute atomic E-state index is 0.0259. The van der Waals surface area contributed by atoms with E-state index in [0.29, 0.717) is 24.9 Å². The fourth-order valence-electron chi connectivity index (χ4n) is 3.15. The molecule has 2 amide bonds. The number of hydrogen-bond donors (Lipinski definition) is 2. The number of piperidine rings is 1. The van der Waals surface area contributed by atoms with Gasteiger partial charge in [-0.25, -0.2) is 4.79 Å². The van der Waals surface area contributed by atoms with Crippen molar-refractivity contribution in [2.45, 2.75) is 45.1 Å². The molecule has 1 fully saturated rings. The number of aliphatic hydroxyl groups excluding tert-OH is 1. The maximum Gasteiger partial charge on any atom is 0.317 e. The third-order valence-corrected chi connectivity index (χ3v) is 4.63. The van der Waals surface area contributed by atoms with Gasteiger partial charge in [0.25, 0.3) is 0 Å². The Kier molecular flexibility index (Phi) is 6.25. The summed E-state index contributed by atoms with van der Waals surface area (Å²) in [5.74, 6) is 0.733. The van der Waals surface area contributed by atoms with Crippen molar-refractivity contribution in [2.24, 2.45) is 5.92 Å². The van der Waals surface area contributed by atoms with Crippen LogP contribution in [0.15, 0.2) is 30.3 Å². The maximum absolute atomic E-state index is 12.4. The number of hydrogen-bond acceptors (Lipinski definition) is 2. The molecule has 0 saturated carbocycles. The van der Waals surface area contributed by atoms with Crippen molar-refractivity contribution in [1.29, 1.82) is 0 Å². The minimum Gasteiger partial charge on any atom is -0.396 e. The molecular weight excluding hydrogens is 276 g/mol. The fraction of sp³-hybridized carbons (Fsp3) is 0.611. The summed E-state index contributed by atoms with van der Waals surface area (Å²) in [6.07, 6.45) is 2.94. The van der Waals surface area contributed by atoms with Gasteiger partial charge in [-0.15, -0.1) is 0 Å². The van der Waals surface area contributed by atoms with Gasteiger partial charge in [0, 0.05) is 31.7 Å². The Bertz CT molecular complexity index is 463. The number of amides is 2. The number of nitrogens with one attached hydrogen (secondary N) is 1. The Balaban J connectivity index is 1.92. The minimum atomic E-state index is 0.0259. The summed E-state index contributed by atoms with van der Waals surface area (Å²) >= 11 is 0. The van der Waals surface area contributed by atoms with E-state index in [1.54, 1.807) is 0 Å². The second kappa shape index (κ2) is 8.18. The summed E-state index contributed by atoms with van der Waals surface area (Å²) in [4.78, 5) is 14.4. The molecule has 2 rings (SSSR count). The van der Waals surface area contributed by atoms with Gasteiger partial charge in [0.15, 0.2) is 0 Å². The lowest BCUT2D eigenvalue weighted by Crippen LogP contribution is -2.50. The van der Waals surface area contributed by atoms with Crippen LogP contribution in [0.1, 0.15) is 44.6 Å². The molecule has 3 atom stereocenters. The molecule has 2 N–H and O–H groups in total. The normalized spacial score (nSPS) is 23.1. The topological polar surface area (TPSA) is 52.6 Å². The Hall–Kier alpha value is -1.55. The summed E-state index contributed by atoms with van der Waals surface area (Å²) in [5.41, 5.74) is 1.16. The Labute approximate surface area is 133 Å². The van der Waals surface area contributed by atoms with E-state index in [1.807, 2.05) is 23.1 Å².